The molecule has 0 amide bonds. The molecule has 390 valence electrons. The van der Waals surface area contributed by atoms with Gasteiger partial charge >= 0.3 is 11.9 Å². The van der Waals surface area contributed by atoms with Gasteiger partial charge in [0.25, 0.3) is 0 Å². The van der Waals surface area contributed by atoms with E-state index in [0.717, 1.165) is 116 Å². The molecule has 0 aromatic carbocycles. The van der Waals surface area contributed by atoms with E-state index in [-0.39, 0.29) is 25.2 Å². The zero-order valence-electron chi connectivity index (χ0n) is 44.5. The van der Waals surface area contributed by atoms with Crippen molar-refractivity contribution in [3.05, 3.63) is 134 Å². The Hall–Kier alpha value is -3.96. The first-order chi connectivity index (χ1) is 34.1. The Morgan fingerprint density at radius 3 is 0.942 bits per heavy atom. The highest BCUT2D eigenvalue weighted by molar-refractivity contribution is 5.70. The molecule has 0 aromatic rings. The summed E-state index contributed by atoms with van der Waals surface area (Å²) in [6.45, 7) is 4.00. The first-order valence-corrected chi connectivity index (χ1v) is 28.2. The van der Waals surface area contributed by atoms with Crippen LogP contribution in [0, 0.1) is 0 Å². The summed E-state index contributed by atoms with van der Waals surface area (Å²) in [5.74, 6) is -0.612. The van der Waals surface area contributed by atoms with Gasteiger partial charge in [-0.05, 0) is 116 Å². The van der Waals surface area contributed by atoms with Gasteiger partial charge in [-0.25, -0.2) is 0 Å². The number of hydrogen-bond donors (Lipinski definition) is 1. The molecular formula is C64H104O5. The number of allylic oxidation sites excluding steroid dienone is 22. The normalized spacial score (nSPS) is 13.3. The second-order valence-corrected chi connectivity index (χ2v) is 18.3. The summed E-state index contributed by atoms with van der Waals surface area (Å²) in [4.78, 5) is 24.5. The number of hydrogen-bond acceptors (Lipinski definition) is 5. The molecule has 1 unspecified atom stereocenters. The van der Waals surface area contributed by atoms with Gasteiger partial charge in [-0.15, -0.1) is 0 Å². The van der Waals surface area contributed by atoms with Crippen LogP contribution in [0.15, 0.2) is 134 Å². The molecule has 0 rings (SSSR count). The van der Waals surface area contributed by atoms with Gasteiger partial charge in [0.15, 0.2) is 6.10 Å². The molecule has 0 aliphatic rings. The summed E-state index contributed by atoms with van der Waals surface area (Å²) < 4.78 is 10.7. The standard InChI is InChI=1S/C64H104O5/c1-3-5-7-9-11-13-15-17-19-21-23-24-25-26-27-28-29-30-31-32-33-34-35-36-37-38-39-40-41-43-45-47-49-51-53-55-57-59-64(67)69-62(60-65)61-68-63(66)58-56-54-52-50-48-46-44-42-22-20-18-16-14-12-10-8-6-4-2/h5,7,11,13-14,16-17,19-20,22-24,26-27,29-30,32-33,35-36,38-39,62,65H,3-4,6,8-10,12,15,18,21,25,28,31,34,37,40-61H2,1-2H3/b7-5-,13-11-,16-14-,19-17-,22-20-,24-23-,27-26-,30-29-,33-32-,36-35-,39-38-. The van der Waals surface area contributed by atoms with Crippen LogP contribution in [0.5, 0.6) is 0 Å². The minimum Gasteiger partial charge on any atom is -0.462 e. The minimum absolute atomic E-state index is 0.0791. The van der Waals surface area contributed by atoms with Crippen molar-refractivity contribution in [1.29, 1.82) is 0 Å². The third-order valence-corrected chi connectivity index (χ3v) is 11.7. The minimum atomic E-state index is -0.788. The quantitative estimate of drug-likeness (QED) is 0.0374. The van der Waals surface area contributed by atoms with Gasteiger partial charge in [0.1, 0.15) is 6.61 Å². The molecule has 0 fully saturated rings. The van der Waals surface area contributed by atoms with E-state index >= 15 is 0 Å². The molecule has 0 heterocycles. The molecule has 0 aliphatic carbocycles. The predicted octanol–water partition coefficient (Wildman–Crippen LogP) is 19.2. The Kier molecular flexibility index (Phi) is 55.0. The highest BCUT2D eigenvalue weighted by atomic mass is 16.6. The van der Waals surface area contributed by atoms with E-state index in [9.17, 15) is 14.7 Å². The van der Waals surface area contributed by atoms with E-state index < -0.39 is 6.10 Å². The van der Waals surface area contributed by atoms with Crippen LogP contribution in [-0.4, -0.2) is 36.4 Å². The maximum absolute atomic E-state index is 12.3. The van der Waals surface area contributed by atoms with Gasteiger partial charge in [-0.3, -0.25) is 9.59 Å². The average Bonchev–Trinajstić information content (AvgIpc) is 3.35. The third kappa shape index (κ3) is 56.5. The lowest BCUT2D eigenvalue weighted by Gasteiger charge is -2.15. The number of esters is 2. The van der Waals surface area contributed by atoms with Gasteiger partial charge in [-0.1, -0.05) is 244 Å². The zero-order valence-corrected chi connectivity index (χ0v) is 44.5. The molecular weight excluding hydrogens is 849 g/mol. The number of unbranched alkanes of at least 4 members (excludes halogenated alkanes) is 20. The Labute approximate surface area is 425 Å². The summed E-state index contributed by atoms with van der Waals surface area (Å²) in [6, 6.07) is 0. The molecule has 5 heteroatoms. The van der Waals surface area contributed by atoms with E-state index in [4.69, 9.17) is 9.47 Å². The van der Waals surface area contributed by atoms with E-state index in [0.29, 0.717) is 12.8 Å². The topological polar surface area (TPSA) is 72.8 Å². The van der Waals surface area contributed by atoms with Crippen molar-refractivity contribution in [3.63, 3.8) is 0 Å². The molecule has 0 saturated carbocycles. The van der Waals surface area contributed by atoms with Gasteiger partial charge in [0.05, 0.1) is 6.61 Å². The second kappa shape index (κ2) is 58.4. The molecule has 69 heavy (non-hydrogen) atoms. The Morgan fingerprint density at radius 2 is 0.623 bits per heavy atom. The van der Waals surface area contributed by atoms with Crippen molar-refractivity contribution in [2.24, 2.45) is 0 Å². The Bertz CT molecular complexity index is 1450. The molecule has 5 nitrogen and oxygen atoms in total. The van der Waals surface area contributed by atoms with Crippen LogP contribution in [-0.2, 0) is 19.1 Å². The molecule has 0 spiro atoms. The lowest BCUT2D eigenvalue weighted by atomic mass is 10.1. The van der Waals surface area contributed by atoms with Crippen molar-refractivity contribution < 1.29 is 24.2 Å². The van der Waals surface area contributed by atoms with Crippen LogP contribution in [0.4, 0.5) is 0 Å². The van der Waals surface area contributed by atoms with Crippen molar-refractivity contribution >= 4 is 11.9 Å². The summed E-state index contributed by atoms with van der Waals surface area (Å²) in [5, 5.41) is 9.64. The number of ether oxygens (including phenoxy) is 2. The number of carbonyl (C=O) groups excluding carboxylic acids is 2. The smallest absolute Gasteiger partial charge is 0.306 e. The fourth-order valence-corrected chi connectivity index (χ4v) is 7.46. The van der Waals surface area contributed by atoms with Gasteiger partial charge in [0.2, 0.25) is 0 Å². The summed E-state index contributed by atoms with van der Waals surface area (Å²) in [6.07, 6.45) is 87.0. The van der Waals surface area contributed by atoms with Gasteiger partial charge < -0.3 is 14.6 Å². The number of aliphatic hydroxyl groups is 1. The monoisotopic (exact) mass is 953 g/mol. The average molecular weight is 954 g/mol. The first kappa shape index (κ1) is 65.0. The van der Waals surface area contributed by atoms with E-state index in [2.05, 4.69) is 148 Å². The van der Waals surface area contributed by atoms with Crippen LogP contribution in [0.2, 0.25) is 0 Å². The Morgan fingerprint density at radius 1 is 0.348 bits per heavy atom. The maximum Gasteiger partial charge on any atom is 0.306 e. The number of aliphatic hydroxyl groups excluding tert-OH is 1. The van der Waals surface area contributed by atoms with Crippen LogP contribution in [0.3, 0.4) is 0 Å². The zero-order chi connectivity index (χ0) is 49.9. The van der Waals surface area contributed by atoms with E-state index in [1.54, 1.807) is 0 Å². The van der Waals surface area contributed by atoms with E-state index in [1.165, 1.54) is 96.3 Å². The second-order valence-electron chi connectivity index (χ2n) is 18.3. The van der Waals surface area contributed by atoms with Crippen molar-refractivity contribution in [1.82, 2.24) is 0 Å². The molecule has 0 aromatic heterocycles. The number of carbonyl (C=O) groups is 2. The van der Waals surface area contributed by atoms with Crippen LogP contribution in [0.25, 0.3) is 0 Å². The van der Waals surface area contributed by atoms with Gasteiger partial charge in [0, 0.05) is 12.8 Å². The molecule has 0 saturated heterocycles. The molecule has 1 N–H and O–H groups in total. The predicted molar refractivity (Wildman–Crippen MR) is 301 cm³/mol. The SMILES string of the molecule is CC/C=C\C/C=C\C/C=C\C/C=C\C/C=C\C/C=C\C/C=C\C/C=C\C/C=C\CCCCCCCCCCCC(=O)OC(CO)COC(=O)CCCCCCCCC/C=C\C/C=C\CCCCCC. The Balaban J connectivity index is 3.60. The number of rotatable bonds is 50. The summed E-state index contributed by atoms with van der Waals surface area (Å²) >= 11 is 0. The lowest BCUT2D eigenvalue weighted by Crippen LogP contribution is -2.28. The van der Waals surface area contributed by atoms with Crippen LogP contribution < -0.4 is 0 Å². The van der Waals surface area contributed by atoms with Crippen molar-refractivity contribution in [2.75, 3.05) is 13.2 Å². The molecule has 0 radical (unpaired) electrons. The largest absolute Gasteiger partial charge is 0.462 e. The lowest BCUT2D eigenvalue weighted by molar-refractivity contribution is -0.161. The third-order valence-electron chi connectivity index (χ3n) is 11.7. The summed E-state index contributed by atoms with van der Waals surface area (Å²) in [7, 11) is 0. The van der Waals surface area contributed by atoms with Crippen LogP contribution in [0.1, 0.15) is 239 Å². The van der Waals surface area contributed by atoms with E-state index in [1.807, 2.05) is 0 Å². The van der Waals surface area contributed by atoms with Crippen molar-refractivity contribution in [3.8, 4) is 0 Å². The maximum atomic E-state index is 12.3. The van der Waals surface area contributed by atoms with Crippen LogP contribution >= 0.6 is 0 Å². The fourth-order valence-electron chi connectivity index (χ4n) is 7.46. The summed E-state index contributed by atoms with van der Waals surface area (Å²) in [5.41, 5.74) is 0. The molecule has 0 aliphatic heterocycles. The fraction of sp³-hybridized carbons (Fsp3) is 0.625. The highest BCUT2D eigenvalue weighted by Crippen LogP contribution is 2.14. The highest BCUT2D eigenvalue weighted by Gasteiger charge is 2.16. The van der Waals surface area contributed by atoms with Crippen molar-refractivity contribution in [2.45, 2.75) is 245 Å². The molecule has 1 atom stereocenters. The first-order valence-electron chi connectivity index (χ1n) is 28.2. The molecule has 0 bridgehead atoms. The van der Waals surface area contributed by atoms with Gasteiger partial charge in [-0.2, -0.15) is 0 Å².